The third kappa shape index (κ3) is 3.16. The Labute approximate surface area is 192 Å². The van der Waals surface area contributed by atoms with Gasteiger partial charge in [0, 0.05) is 45.8 Å². The number of carbonyl (C=O) groups is 1. The van der Waals surface area contributed by atoms with Crippen molar-refractivity contribution in [3.8, 4) is 16.9 Å². The van der Waals surface area contributed by atoms with Crippen molar-refractivity contribution in [3.05, 3.63) is 58.1 Å². The lowest BCUT2D eigenvalue weighted by molar-refractivity contribution is -0.139. The number of hydrogen-bond acceptors (Lipinski definition) is 7. The molecule has 0 radical (unpaired) electrons. The smallest absolute Gasteiger partial charge is 0.264 e. The average Bonchev–Trinajstić information content (AvgIpc) is 3.54. The lowest BCUT2D eigenvalue weighted by Crippen LogP contribution is -2.45. The predicted octanol–water partition coefficient (Wildman–Crippen LogP) is 3.05. The lowest BCUT2D eigenvalue weighted by atomic mass is 10.0. The van der Waals surface area contributed by atoms with E-state index in [1.54, 1.807) is 11.1 Å². The van der Waals surface area contributed by atoms with Gasteiger partial charge >= 0.3 is 0 Å². The van der Waals surface area contributed by atoms with Gasteiger partial charge in [-0.05, 0) is 24.3 Å². The van der Waals surface area contributed by atoms with E-state index in [-0.39, 0.29) is 12.5 Å². The van der Waals surface area contributed by atoms with Crippen LogP contribution in [0.3, 0.4) is 0 Å². The van der Waals surface area contributed by atoms with Gasteiger partial charge in [0.1, 0.15) is 17.9 Å². The summed E-state index contributed by atoms with van der Waals surface area (Å²) in [6.45, 7) is 1.58. The molecule has 1 amide bonds. The third-order valence-corrected chi connectivity index (χ3v) is 7.26. The molecule has 162 valence electrons. The van der Waals surface area contributed by atoms with Crippen LogP contribution < -0.4 is 4.74 Å². The lowest BCUT2D eigenvalue weighted by Gasteiger charge is -2.28. The first-order chi connectivity index (χ1) is 15.6. The molecule has 1 atom stereocenters. The Morgan fingerprint density at radius 3 is 3.03 bits per heavy atom. The van der Waals surface area contributed by atoms with Crippen molar-refractivity contribution < 1.29 is 14.6 Å². The summed E-state index contributed by atoms with van der Waals surface area (Å²) in [5, 5.41) is 14.3. The first kappa shape index (κ1) is 19.7. The molecule has 0 spiro atoms. The van der Waals surface area contributed by atoms with Crippen LogP contribution in [0.1, 0.15) is 16.3 Å². The number of fused-ring (bicyclic) bond motifs is 3. The van der Waals surface area contributed by atoms with E-state index in [0.29, 0.717) is 36.8 Å². The number of aromatic nitrogens is 4. The number of aliphatic hydroxyl groups is 1. The molecule has 2 aliphatic rings. The first-order valence-electron chi connectivity index (χ1n) is 10.2. The maximum absolute atomic E-state index is 13.3. The highest BCUT2D eigenvalue weighted by Crippen LogP contribution is 2.44. The highest BCUT2D eigenvalue weighted by molar-refractivity contribution is 7.19. The molecule has 6 rings (SSSR count). The van der Waals surface area contributed by atoms with Gasteiger partial charge in [-0.25, -0.2) is 9.67 Å². The number of amides is 1. The Morgan fingerprint density at radius 2 is 2.16 bits per heavy atom. The number of thiophene rings is 1. The van der Waals surface area contributed by atoms with E-state index in [4.69, 9.17) is 16.3 Å². The van der Waals surface area contributed by atoms with Crippen molar-refractivity contribution in [2.45, 2.75) is 32.2 Å². The molecule has 0 fully saturated rings. The molecule has 0 saturated heterocycles. The quantitative estimate of drug-likeness (QED) is 0.497. The molecule has 0 saturated carbocycles. The van der Waals surface area contributed by atoms with E-state index in [0.717, 1.165) is 37.6 Å². The van der Waals surface area contributed by atoms with E-state index >= 15 is 0 Å². The zero-order chi connectivity index (χ0) is 21.8. The van der Waals surface area contributed by atoms with E-state index < -0.39 is 6.10 Å². The van der Waals surface area contributed by atoms with Crippen LogP contribution in [0.4, 0.5) is 0 Å². The number of halogens is 1. The topological polar surface area (TPSA) is 93.4 Å². The van der Waals surface area contributed by atoms with Crippen molar-refractivity contribution in [1.82, 2.24) is 24.6 Å². The second kappa shape index (κ2) is 7.54. The van der Waals surface area contributed by atoms with Crippen LogP contribution in [0, 0.1) is 0 Å². The molecule has 1 aromatic carbocycles. The Hall–Kier alpha value is -3.01. The van der Waals surface area contributed by atoms with Crippen molar-refractivity contribution in [2.24, 2.45) is 0 Å². The maximum atomic E-state index is 13.3. The fourth-order valence-corrected chi connectivity index (χ4v) is 5.64. The largest absolute Gasteiger partial charge is 0.479 e. The Morgan fingerprint density at radius 1 is 1.25 bits per heavy atom. The van der Waals surface area contributed by atoms with Crippen molar-refractivity contribution in [3.63, 3.8) is 0 Å². The van der Waals surface area contributed by atoms with Gasteiger partial charge in [-0.1, -0.05) is 11.6 Å². The summed E-state index contributed by atoms with van der Waals surface area (Å²) < 4.78 is 9.03. The number of benzene rings is 1. The molecule has 32 heavy (non-hydrogen) atoms. The number of ether oxygens (including phenoxy) is 1. The Balaban J connectivity index is 1.34. The number of aliphatic hydroxyl groups excluding tert-OH is 1. The van der Waals surface area contributed by atoms with E-state index in [1.807, 2.05) is 28.9 Å². The number of carbonyl (C=O) groups excluding carboxylic acids is 1. The minimum atomic E-state index is -0.606. The number of rotatable bonds is 3. The predicted molar refractivity (Wildman–Crippen MR) is 120 cm³/mol. The van der Waals surface area contributed by atoms with Gasteiger partial charge in [0.15, 0.2) is 6.10 Å². The summed E-state index contributed by atoms with van der Waals surface area (Å²) >= 11 is 7.95. The molecular weight excluding hydrogens is 450 g/mol. The Bertz CT molecular complexity index is 1370. The zero-order valence-corrected chi connectivity index (χ0v) is 18.4. The second-order valence-electron chi connectivity index (χ2n) is 7.86. The minimum Gasteiger partial charge on any atom is -0.479 e. The molecule has 0 bridgehead atoms. The van der Waals surface area contributed by atoms with Crippen LogP contribution in [0.2, 0.25) is 5.02 Å². The molecule has 10 heteroatoms. The molecular formula is C22H18ClN5O3S. The van der Waals surface area contributed by atoms with Gasteiger partial charge in [0.25, 0.3) is 5.91 Å². The number of pyridine rings is 1. The molecule has 5 heterocycles. The summed E-state index contributed by atoms with van der Waals surface area (Å²) in [6.07, 6.45) is 3.11. The van der Waals surface area contributed by atoms with Gasteiger partial charge in [-0.3, -0.25) is 9.78 Å². The van der Waals surface area contributed by atoms with Crippen LogP contribution in [-0.4, -0.2) is 48.3 Å². The summed E-state index contributed by atoms with van der Waals surface area (Å²) in [5.41, 5.74) is 3.49. The molecule has 1 N–H and O–H groups in total. The second-order valence-corrected chi connectivity index (χ2v) is 9.43. The standard InChI is InChI=1S/C22H18ClN5O3S/c23-13-5-12-6-18(22(30)27-3-4-28-19(9-27)25-11-26-28)31-20(12)16(7-13)15-1-2-24-17-8-14(10-29)32-21(15)17/h1-2,5,7-8,11,18,29H,3-4,6,9-10H2. The zero-order valence-electron chi connectivity index (χ0n) is 16.9. The van der Waals surface area contributed by atoms with Crippen molar-refractivity contribution in [2.75, 3.05) is 6.54 Å². The Kier molecular flexibility index (Phi) is 4.63. The van der Waals surface area contributed by atoms with Crippen LogP contribution in [0.25, 0.3) is 21.3 Å². The maximum Gasteiger partial charge on any atom is 0.264 e. The van der Waals surface area contributed by atoms with Crippen LogP contribution in [0.15, 0.2) is 36.8 Å². The summed E-state index contributed by atoms with van der Waals surface area (Å²) in [5.74, 6) is 1.40. The molecule has 1 unspecified atom stereocenters. The molecule has 0 aliphatic carbocycles. The van der Waals surface area contributed by atoms with E-state index in [9.17, 15) is 9.90 Å². The fourth-order valence-electron chi connectivity index (χ4n) is 4.39. The van der Waals surface area contributed by atoms with Crippen molar-refractivity contribution in [1.29, 1.82) is 0 Å². The van der Waals surface area contributed by atoms with Crippen LogP contribution >= 0.6 is 22.9 Å². The van der Waals surface area contributed by atoms with Gasteiger partial charge in [-0.2, -0.15) is 5.10 Å². The van der Waals surface area contributed by atoms with E-state index in [1.165, 1.54) is 17.7 Å². The SMILES string of the molecule is O=C(C1Cc2cc(Cl)cc(-c3ccnc4cc(CO)sc34)c2O1)N1CCn2ncnc2C1. The van der Waals surface area contributed by atoms with Gasteiger partial charge in [0.2, 0.25) is 0 Å². The average molecular weight is 468 g/mol. The van der Waals surface area contributed by atoms with Crippen LogP contribution in [-0.2, 0) is 30.9 Å². The monoisotopic (exact) mass is 467 g/mol. The molecule has 3 aromatic heterocycles. The van der Waals surface area contributed by atoms with E-state index in [2.05, 4.69) is 15.1 Å². The summed E-state index contributed by atoms with van der Waals surface area (Å²) in [4.78, 5) is 24.5. The van der Waals surface area contributed by atoms with Crippen molar-refractivity contribution >= 4 is 39.1 Å². The normalized spacial score (nSPS) is 17.3. The molecule has 8 nitrogen and oxygen atoms in total. The highest BCUT2D eigenvalue weighted by atomic mass is 35.5. The number of nitrogens with zero attached hydrogens (tertiary/aromatic N) is 5. The number of hydrogen-bond donors (Lipinski definition) is 1. The minimum absolute atomic E-state index is 0.0369. The summed E-state index contributed by atoms with van der Waals surface area (Å²) in [6, 6.07) is 7.54. The van der Waals surface area contributed by atoms with Gasteiger partial charge in [0.05, 0.1) is 29.9 Å². The fraction of sp³-hybridized carbons (Fsp3) is 0.273. The summed E-state index contributed by atoms with van der Waals surface area (Å²) in [7, 11) is 0. The first-order valence-corrected chi connectivity index (χ1v) is 11.4. The molecule has 4 aromatic rings. The third-order valence-electron chi connectivity index (χ3n) is 5.90. The van der Waals surface area contributed by atoms with Gasteiger partial charge < -0.3 is 14.7 Å². The molecule has 2 aliphatic heterocycles. The van der Waals surface area contributed by atoms with Crippen LogP contribution in [0.5, 0.6) is 5.75 Å². The highest BCUT2D eigenvalue weighted by Gasteiger charge is 2.36. The van der Waals surface area contributed by atoms with Gasteiger partial charge in [-0.15, -0.1) is 11.3 Å².